The van der Waals surface area contributed by atoms with Crippen LogP contribution in [-0.4, -0.2) is 37.7 Å². The van der Waals surface area contributed by atoms with Crippen molar-refractivity contribution in [3.63, 3.8) is 0 Å². The Hall–Kier alpha value is -1.72. The molecule has 0 radical (unpaired) electrons. The molecule has 20 heavy (non-hydrogen) atoms. The van der Waals surface area contributed by atoms with E-state index in [2.05, 4.69) is 5.32 Å². The number of carbonyl (C=O) groups is 2. The molecule has 0 aromatic rings. The molecule has 1 fully saturated rings. The lowest BCUT2D eigenvalue weighted by Gasteiger charge is -2.17. The summed E-state index contributed by atoms with van der Waals surface area (Å²) >= 11 is 0. The molecule has 112 valence electrons. The molecular weight excluding hydrogens is 262 g/mol. The van der Waals surface area contributed by atoms with Gasteiger partial charge in [0.2, 0.25) is 5.76 Å². The van der Waals surface area contributed by atoms with E-state index in [9.17, 15) is 9.59 Å². The molecule has 0 saturated heterocycles. The molecule has 1 aliphatic carbocycles. The lowest BCUT2D eigenvalue weighted by molar-refractivity contribution is -0.149. The summed E-state index contributed by atoms with van der Waals surface area (Å²) in [5, 5.41) is 2.91. The molecule has 1 heterocycles. The first-order chi connectivity index (χ1) is 9.75. The Morgan fingerprint density at radius 3 is 2.60 bits per heavy atom. The molecule has 2 rings (SSSR count). The van der Waals surface area contributed by atoms with Crippen LogP contribution in [0.2, 0.25) is 0 Å². The van der Waals surface area contributed by atoms with Crippen LogP contribution < -0.4 is 5.32 Å². The van der Waals surface area contributed by atoms with Crippen molar-refractivity contribution in [3.05, 3.63) is 12.0 Å². The zero-order valence-corrected chi connectivity index (χ0v) is 11.6. The summed E-state index contributed by atoms with van der Waals surface area (Å²) in [7, 11) is 0. The van der Waals surface area contributed by atoms with Crippen LogP contribution >= 0.6 is 0 Å². The summed E-state index contributed by atoms with van der Waals surface area (Å²) in [6.45, 7) is 0.449. The van der Waals surface area contributed by atoms with Crippen LogP contribution in [-0.2, 0) is 23.8 Å². The predicted molar refractivity (Wildman–Crippen MR) is 70.6 cm³/mol. The van der Waals surface area contributed by atoms with E-state index >= 15 is 0 Å². The highest BCUT2D eigenvalue weighted by molar-refractivity contribution is 5.88. The molecule has 0 aromatic heterocycles. The summed E-state index contributed by atoms with van der Waals surface area (Å²) < 4.78 is 14.9. The molecule has 2 aliphatic rings. The van der Waals surface area contributed by atoms with Crippen molar-refractivity contribution < 1.29 is 23.8 Å². The zero-order valence-electron chi connectivity index (χ0n) is 11.6. The quantitative estimate of drug-likeness (QED) is 0.621. The van der Waals surface area contributed by atoms with E-state index in [1.54, 1.807) is 0 Å². The molecule has 0 aromatic carbocycles. The Labute approximate surface area is 118 Å². The van der Waals surface area contributed by atoms with E-state index in [-0.39, 0.29) is 24.3 Å². The number of nitrogens with one attached hydrogen (secondary N) is 1. The maximum absolute atomic E-state index is 11.7. The number of hydrogen-bond acceptors (Lipinski definition) is 5. The third-order valence-corrected chi connectivity index (χ3v) is 3.40. The van der Waals surface area contributed by atoms with Crippen molar-refractivity contribution >= 4 is 11.9 Å². The number of hydrogen-bond donors (Lipinski definition) is 1. The van der Waals surface area contributed by atoms with Gasteiger partial charge in [0.05, 0.1) is 0 Å². The summed E-state index contributed by atoms with van der Waals surface area (Å²) in [5.41, 5.74) is 0. The van der Waals surface area contributed by atoms with Crippen LogP contribution in [0.5, 0.6) is 0 Å². The third-order valence-electron chi connectivity index (χ3n) is 3.40. The lowest BCUT2D eigenvalue weighted by atomic mass is 10.1. The van der Waals surface area contributed by atoms with E-state index in [1.165, 1.54) is 19.1 Å². The van der Waals surface area contributed by atoms with Crippen LogP contribution in [0, 0.1) is 0 Å². The number of rotatable bonds is 4. The summed E-state index contributed by atoms with van der Waals surface area (Å²) in [4.78, 5) is 23.3. The van der Waals surface area contributed by atoms with Gasteiger partial charge in [-0.05, 0) is 12.8 Å². The van der Waals surface area contributed by atoms with Crippen LogP contribution in [0.1, 0.15) is 38.5 Å². The molecule has 0 atom stereocenters. The second-order valence-corrected chi connectivity index (χ2v) is 5.03. The first kappa shape index (κ1) is 14.7. The average Bonchev–Trinajstić information content (AvgIpc) is 2.74. The van der Waals surface area contributed by atoms with Crippen LogP contribution in [0.25, 0.3) is 0 Å². The molecule has 1 aliphatic heterocycles. The summed E-state index contributed by atoms with van der Waals surface area (Å²) in [6.07, 6.45) is 7.96. The van der Waals surface area contributed by atoms with Gasteiger partial charge in [0.1, 0.15) is 19.5 Å². The topological polar surface area (TPSA) is 73.9 Å². The Kier molecular flexibility index (Phi) is 5.70. The monoisotopic (exact) mass is 283 g/mol. The van der Waals surface area contributed by atoms with Crippen molar-refractivity contribution in [2.45, 2.75) is 44.6 Å². The number of ether oxygens (including phenoxy) is 3. The van der Waals surface area contributed by atoms with Crippen LogP contribution in [0.15, 0.2) is 12.0 Å². The minimum Gasteiger partial charge on any atom is -0.493 e. The second-order valence-electron chi connectivity index (χ2n) is 5.03. The Bertz CT molecular complexity index is 372. The van der Waals surface area contributed by atoms with Crippen molar-refractivity contribution in [2.75, 3.05) is 19.8 Å². The van der Waals surface area contributed by atoms with Crippen molar-refractivity contribution in [3.8, 4) is 0 Å². The van der Waals surface area contributed by atoms with Gasteiger partial charge in [-0.25, -0.2) is 4.79 Å². The molecule has 0 unspecified atom stereocenters. The highest BCUT2D eigenvalue weighted by atomic mass is 16.6. The largest absolute Gasteiger partial charge is 0.493 e. The average molecular weight is 283 g/mol. The molecule has 6 heteroatoms. The summed E-state index contributed by atoms with van der Waals surface area (Å²) in [5.74, 6) is -0.915. The van der Waals surface area contributed by atoms with E-state index in [4.69, 9.17) is 14.2 Å². The maximum Gasteiger partial charge on any atom is 0.377 e. The van der Waals surface area contributed by atoms with E-state index in [0.29, 0.717) is 13.2 Å². The number of esters is 1. The Morgan fingerprint density at radius 1 is 1.20 bits per heavy atom. The van der Waals surface area contributed by atoms with Gasteiger partial charge < -0.3 is 19.5 Å². The van der Waals surface area contributed by atoms with Gasteiger partial charge >= 0.3 is 5.97 Å². The van der Waals surface area contributed by atoms with Gasteiger partial charge in [0.15, 0.2) is 6.61 Å². The third kappa shape index (κ3) is 4.75. The molecule has 6 nitrogen and oxygen atoms in total. The van der Waals surface area contributed by atoms with Crippen LogP contribution in [0.4, 0.5) is 0 Å². The fourth-order valence-corrected chi connectivity index (χ4v) is 2.37. The molecule has 1 amide bonds. The summed E-state index contributed by atoms with van der Waals surface area (Å²) in [6, 6.07) is 0.206. The lowest BCUT2D eigenvalue weighted by Crippen LogP contribution is -2.37. The minimum absolute atomic E-state index is 0.0125. The molecule has 0 spiro atoms. The Morgan fingerprint density at radius 2 is 1.95 bits per heavy atom. The standard InChI is InChI=1S/C14H21NO5/c16-13(15-11-5-3-1-2-4-6-11)10-20-14(17)12-9-18-7-8-19-12/h9,11H,1-8,10H2,(H,15,16). The second kappa shape index (κ2) is 7.77. The van der Waals surface area contributed by atoms with Gasteiger partial charge in [-0.15, -0.1) is 0 Å². The van der Waals surface area contributed by atoms with Gasteiger partial charge in [0.25, 0.3) is 5.91 Å². The first-order valence-electron chi connectivity index (χ1n) is 7.17. The SMILES string of the molecule is O=C(COC(=O)C1=COCCO1)NC1CCCCCC1. The molecule has 1 saturated carbocycles. The smallest absolute Gasteiger partial charge is 0.377 e. The zero-order chi connectivity index (χ0) is 14.2. The first-order valence-corrected chi connectivity index (χ1v) is 7.17. The van der Waals surface area contributed by atoms with E-state index < -0.39 is 5.97 Å². The minimum atomic E-state index is -0.666. The highest BCUT2D eigenvalue weighted by Gasteiger charge is 2.19. The molecular formula is C14H21NO5. The van der Waals surface area contributed by atoms with Crippen molar-refractivity contribution in [1.82, 2.24) is 5.32 Å². The predicted octanol–water partition coefficient (Wildman–Crippen LogP) is 1.26. The number of amides is 1. The number of carbonyl (C=O) groups excluding carboxylic acids is 2. The molecule has 0 bridgehead atoms. The van der Waals surface area contributed by atoms with Gasteiger partial charge in [-0.2, -0.15) is 0 Å². The van der Waals surface area contributed by atoms with Crippen molar-refractivity contribution in [1.29, 1.82) is 0 Å². The van der Waals surface area contributed by atoms with Crippen molar-refractivity contribution in [2.24, 2.45) is 0 Å². The van der Waals surface area contributed by atoms with Crippen LogP contribution in [0.3, 0.4) is 0 Å². The fourth-order valence-electron chi connectivity index (χ4n) is 2.37. The van der Waals surface area contributed by atoms with E-state index in [1.807, 2.05) is 0 Å². The fraction of sp³-hybridized carbons (Fsp3) is 0.714. The van der Waals surface area contributed by atoms with E-state index in [0.717, 1.165) is 25.7 Å². The normalized spacial score (nSPS) is 19.9. The van der Waals surface area contributed by atoms with Gasteiger partial charge in [0, 0.05) is 6.04 Å². The Balaban J connectivity index is 1.68. The van der Waals surface area contributed by atoms with Gasteiger partial charge in [-0.1, -0.05) is 25.7 Å². The molecule has 1 N–H and O–H groups in total. The van der Waals surface area contributed by atoms with Gasteiger partial charge in [-0.3, -0.25) is 4.79 Å². The maximum atomic E-state index is 11.7. The highest BCUT2D eigenvalue weighted by Crippen LogP contribution is 2.17.